The van der Waals surface area contributed by atoms with Crippen LogP contribution in [0, 0.1) is 27.7 Å². The number of aryl methyl sites for hydroxylation is 2. The topological polar surface area (TPSA) is 46.9 Å². The van der Waals surface area contributed by atoms with Gasteiger partial charge >= 0.3 is 0 Å². The van der Waals surface area contributed by atoms with Gasteiger partial charge in [0, 0.05) is 19.5 Å². The average Bonchev–Trinajstić information content (AvgIpc) is 3.13. The molecule has 4 nitrogen and oxygen atoms in total. The lowest BCUT2D eigenvalue weighted by Crippen LogP contribution is -2.28. The highest BCUT2D eigenvalue weighted by atomic mass is 16.1. The predicted molar refractivity (Wildman–Crippen MR) is 131 cm³/mol. The van der Waals surface area contributed by atoms with E-state index in [0.717, 1.165) is 29.0 Å². The van der Waals surface area contributed by atoms with Crippen LogP contribution >= 0.6 is 0 Å². The minimum atomic E-state index is 0.0415. The molecule has 0 radical (unpaired) electrons. The van der Waals surface area contributed by atoms with Crippen LogP contribution in [-0.2, 0) is 24.2 Å². The van der Waals surface area contributed by atoms with E-state index in [4.69, 9.17) is 4.98 Å². The molecule has 0 aliphatic heterocycles. The van der Waals surface area contributed by atoms with Crippen LogP contribution in [-0.4, -0.2) is 22.0 Å². The number of hydrogen-bond acceptors (Lipinski definition) is 2. The van der Waals surface area contributed by atoms with Crippen LogP contribution in [0.1, 0.15) is 39.2 Å². The molecule has 0 bridgehead atoms. The van der Waals surface area contributed by atoms with Gasteiger partial charge in [0.1, 0.15) is 5.82 Å². The highest BCUT2D eigenvalue weighted by Crippen LogP contribution is 2.25. The van der Waals surface area contributed by atoms with Gasteiger partial charge in [-0.1, -0.05) is 48.5 Å². The van der Waals surface area contributed by atoms with Gasteiger partial charge < -0.3 is 9.88 Å². The summed E-state index contributed by atoms with van der Waals surface area (Å²) >= 11 is 0. The van der Waals surface area contributed by atoms with Crippen LogP contribution in [0.3, 0.4) is 0 Å². The Hall–Kier alpha value is -3.40. The molecule has 1 heterocycles. The Balaban J connectivity index is 1.56. The Morgan fingerprint density at radius 2 is 1.56 bits per heavy atom. The van der Waals surface area contributed by atoms with Gasteiger partial charge in [-0.3, -0.25) is 4.79 Å². The molecule has 4 heteroatoms. The largest absolute Gasteiger partial charge is 0.355 e. The molecule has 164 valence electrons. The summed E-state index contributed by atoms with van der Waals surface area (Å²) in [6.07, 6.45) is 1.09. The number of hydrogen-bond donors (Lipinski definition) is 1. The van der Waals surface area contributed by atoms with E-state index in [1.54, 1.807) is 0 Å². The molecule has 0 saturated carbocycles. The van der Waals surface area contributed by atoms with E-state index in [2.05, 4.69) is 61.8 Å². The van der Waals surface area contributed by atoms with E-state index in [1.807, 2.05) is 36.4 Å². The highest BCUT2D eigenvalue weighted by Gasteiger charge is 2.15. The number of nitrogens with zero attached hydrogens (tertiary/aromatic N) is 2. The van der Waals surface area contributed by atoms with Crippen molar-refractivity contribution in [3.63, 3.8) is 0 Å². The van der Waals surface area contributed by atoms with Crippen LogP contribution in [0.25, 0.3) is 11.0 Å². The van der Waals surface area contributed by atoms with E-state index < -0.39 is 0 Å². The maximum Gasteiger partial charge on any atom is 0.224 e. The van der Waals surface area contributed by atoms with Gasteiger partial charge in [0.2, 0.25) is 5.91 Å². The van der Waals surface area contributed by atoms with Crippen LogP contribution in [0.5, 0.6) is 0 Å². The Kier molecular flexibility index (Phi) is 6.40. The van der Waals surface area contributed by atoms with Gasteiger partial charge in [-0.25, -0.2) is 4.98 Å². The zero-order valence-electron chi connectivity index (χ0n) is 19.4. The molecule has 0 fully saturated rings. The van der Waals surface area contributed by atoms with E-state index in [0.29, 0.717) is 19.4 Å². The molecule has 4 rings (SSSR count). The van der Waals surface area contributed by atoms with Gasteiger partial charge in [0.15, 0.2) is 0 Å². The lowest BCUT2D eigenvalue weighted by Gasteiger charge is -2.18. The van der Waals surface area contributed by atoms with Crippen LogP contribution in [0.4, 0.5) is 0 Å². The Morgan fingerprint density at radius 3 is 2.28 bits per heavy atom. The van der Waals surface area contributed by atoms with Crippen molar-refractivity contribution in [1.29, 1.82) is 0 Å². The fourth-order valence-electron chi connectivity index (χ4n) is 4.34. The van der Waals surface area contributed by atoms with E-state index in [9.17, 15) is 4.79 Å². The summed E-state index contributed by atoms with van der Waals surface area (Å²) in [6.45, 7) is 10.1. The van der Waals surface area contributed by atoms with Crippen molar-refractivity contribution >= 4 is 16.9 Å². The second-order valence-corrected chi connectivity index (χ2v) is 8.60. The molecule has 3 aromatic carbocycles. The van der Waals surface area contributed by atoms with Gasteiger partial charge in [-0.15, -0.1) is 0 Å². The number of imidazole rings is 1. The molecule has 1 aromatic heterocycles. The molecule has 4 aromatic rings. The van der Waals surface area contributed by atoms with Gasteiger partial charge in [-0.05, 0) is 73.2 Å². The molecular formula is C28H31N3O. The number of fused-ring (bicyclic) bond motifs is 1. The molecule has 0 aliphatic rings. The smallest absolute Gasteiger partial charge is 0.224 e. The van der Waals surface area contributed by atoms with E-state index in [1.165, 1.54) is 27.8 Å². The van der Waals surface area contributed by atoms with E-state index in [-0.39, 0.29) is 5.91 Å². The molecule has 0 unspecified atom stereocenters. The maximum atomic E-state index is 12.4. The Morgan fingerprint density at radius 1 is 0.906 bits per heavy atom. The van der Waals surface area contributed by atoms with Crippen molar-refractivity contribution in [3.8, 4) is 0 Å². The third-order valence-electron chi connectivity index (χ3n) is 6.45. The zero-order chi connectivity index (χ0) is 22.7. The normalized spacial score (nSPS) is 11.1. The number of amides is 1. The summed E-state index contributed by atoms with van der Waals surface area (Å²) in [7, 11) is 0. The minimum absolute atomic E-state index is 0.0415. The number of aromatic nitrogens is 2. The fraction of sp³-hybridized carbons (Fsp3) is 0.286. The number of para-hydroxylation sites is 2. The molecular weight excluding hydrogens is 394 g/mol. The van der Waals surface area contributed by atoms with Gasteiger partial charge in [0.25, 0.3) is 0 Å². The number of rotatable bonds is 7. The van der Waals surface area contributed by atoms with Crippen LogP contribution in [0.15, 0.2) is 60.7 Å². The first-order valence-electron chi connectivity index (χ1n) is 11.2. The van der Waals surface area contributed by atoms with Crippen molar-refractivity contribution < 1.29 is 4.79 Å². The third kappa shape index (κ3) is 4.59. The Labute approximate surface area is 190 Å². The van der Waals surface area contributed by atoms with Crippen molar-refractivity contribution in [2.45, 2.75) is 47.1 Å². The highest BCUT2D eigenvalue weighted by molar-refractivity contribution is 5.78. The summed E-state index contributed by atoms with van der Waals surface area (Å²) in [5, 5.41) is 3.06. The van der Waals surface area contributed by atoms with E-state index >= 15 is 0 Å². The predicted octanol–water partition coefficient (Wildman–Crippen LogP) is 5.22. The van der Waals surface area contributed by atoms with Crippen molar-refractivity contribution in [2.24, 2.45) is 0 Å². The molecule has 0 aliphatic carbocycles. The maximum absolute atomic E-state index is 12.4. The summed E-state index contributed by atoms with van der Waals surface area (Å²) in [5.41, 5.74) is 9.84. The van der Waals surface area contributed by atoms with Crippen molar-refractivity contribution in [1.82, 2.24) is 14.9 Å². The Bertz CT molecular complexity index is 1230. The van der Waals surface area contributed by atoms with Crippen LogP contribution in [0.2, 0.25) is 0 Å². The van der Waals surface area contributed by atoms with Crippen molar-refractivity contribution in [3.05, 3.63) is 99.9 Å². The SMILES string of the molecule is Cc1cc(C)c(C)c(Cn2c(CCNC(=O)Cc3ccccc3)nc3ccccc32)c1C. The quantitative estimate of drug-likeness (QED) is 0.441. The molecule has 0 spiro atoms. The number of benzene rings is 3. The first-order valence-corrected chi connectivity index (χ1v) is 11.2. The minimum Gasteiger partial charge on any atom is -0.355 e. The lowest BCUT2D eigenvalue weighted by atomic mass is 9.94. The number of carbonyl (C=O) groups excluding carboxylic acids is 1. The molecule has 0 atom stereocenters. The zero-order valence-corrected chi connectivity index (χ0v) is 19.4. The van der Waals surface area contributed by atoms with Crippen LogP contribution < -0.4 is 5.32 Å². The van der Waals surface area contributed by atoms with Gasteiger partial charge in [-0.2, -0.15) is 0 Å². The third-order valence-corrected chi connectivity index (χ3v) is 6.45. The standard InChI is InChI=1S/C28H31N3O/c1-19-16-20(2)22(4)24(21(19)3)18-31-26-13-9-8-12-25(26)30-27(31)14-15-29-28(32)17-23-10-6-5-7-11-23/h5-13,16H,14-15,17-18H2,1-4H3,(H,29,32). The number of carbonyl (C=O) groups is 1. The molecule has 1 N–H and O–H groups in total. The summed E-state index contributed by atoms with van der Waals surface area (Å²) < 4.78 is 2.31. The average molecular weight is 426 g/mol. The summed E-state index contributed by atoms with van der Waals surface area (Å²) in [6, 6.07) is 20.4. The van der Waals surface area contributed by atoms with Gasteiger partial charge in [0.05, 0.1) is 17.5 Å². The van der Waals surface area contributed by atoms with Crippen molar-refractivity contribution in [2.75, 3.05) is 6.54 Å². The molecule has 1 amide bonds. The number of nitrogens with one attached hydrogen (secondary N) is 1. The summed E-state index contributed by atoms with van der Waals surface area (Å²) in [4.78, 5) is 17.3. The monoisotopic (exact) mass is 425 g/mol. The second-order valence-electron chi connectivity index (χ2n) is 8.60. The lowest BCUT2D eigenvalue weighted by molar-refractivity contribution is -0.120. The molecule has 0 saturated heterocycles. The molecule has 32 heavy (non-hydrogen) atoms. The fourth-order valence-corrected chi connectivity index (χ4v) is 4.34. The summed E-state index contributed by atoms with van der Waals surface area (Å²) in [5.74, 6) is 1.05. The first-order chi connectivity index (χ1) is 15.4. The second kappa shape index (κ2) is 9.39. The first kappa shape index (κ1) is 21.8.